The second-order valence-corrected chi connectivity index (χ2v) is 3.05. The molecule has 0 aliphatic rings. The Hall–Kier alpha value is -1.07. The fourth-order valence-corrected chi connectivity index (χ4v) is 0.858. The normalized spacial score (nSPS) is 12.0. The van der Waals surface area contributed by atoms with E-state index in [2.05, 4.69) is 10.9 Å². The molecule has 0 rings (SSSR count). The third kappa shape index (κ3) is 4.84. The van der Waals surface area contributed by atoms with Gasteiger partial charge in [0.05, 0.1) is 0 Å². The maximum absolute atomic E-state index is 10.7. The van der Waals surface area contributed by atoms with Crippen molar-refractivity contribution in [1.29, 1.82) is 0 Å². The van der Waals surface area contributed by atoms with E-state index in [1.807, 2.05) is 6.92 Å². The van der Waals surface area contributed by atoms with Crippen LogP contribution in [-0.4, -0.2) is 23.9 Å². The lowest BCUT2D eigenvalue weighted by Crippen LogP contribution is -2.42. The summed E-state index contributed by atoms with van der Waals surface area (Å²) >= 11 is 0. The highest BCUT2D eigenvalue weighted by Crippen LogP contribution is 1.98. The third-order valence-electron chi connectivity index (χ3n) is 1.53. The largest absolute Gasteiger partial charge is 0.477 e. The molecule has 0 fully saturated rings. The second-order valence-electron chi connectivity index (χ2n) is 3.05. The number of carboxylic acid groups (broad SMARTS) is 1. The van der Waals surface area contributed by atoms with Crippen LogP contribution in [0.2, 0.25) is 0 Å². The van der Waals surface area contributed by atoms with Crippen LogP contribution in [0.3, 0.4) is 0 Å². The zero-order chi connectivity index (χ0) is 11.1. The lowest BCUT2D eigenvalue weighted by atomic mass is 10.3. The van der Waals surface area contributed by atoms with Gasteiger partial charge in [0.2, 0.25) is 0 Å². The van der Waals surface area contributed by atoms with E-state index >= 15 is 0 Å². The SMILES string of the molecule is CCOC(C)NNC(C(=O)O)=C(C)C. The first-order valence-electron chi connectivity index (χ1n) is 4.53. The minimum absolute atomic E-state index is 0.150. The zero-order valence-corrected chi connectivity index (χ0v) is 9.05. The van der Waals surface area contributed by atoms with Gasteiger partial charge in [0.15, 0.2) is 0 Å². The number of allylic oxidation sites excluding steroid dienone is 1. The highest BCUT2D eigenvalue weighted by atomic mass is 16.5. The van der Waals surface area contributed by atoms with Gasteiger partial charge >= 0.3 is 5.97 Å². The molecule has 1 atom stereocenters. The molecule has 0 saturated carbocycles. The predicted molar refractivity (Wildman–Crippen MR) is 53.4 cm³/mol. The Labute approximate surface area is 84.1 Å². The molecule has 0 amide bonds. The van der Waals surface area contributed by atoms with E-state index in [9.17, 15) is 4.79 Å². The fourth-order valence-electron chi connectivity index (χ4n) is 0.858. The first kappa shape index (κ1) is 12.9. The van der Waals surface area contributed by atoms with Gasteiger partial charge in [0.25, 0.3) is 0 Å². The highest BCUT2D eigenvalue weighted by Gasteiger charge is 2.09. The van der Waals surface area contributed by atoms with Crippen molar-refractivity contribution in [2.24, 2.45) is 0 Å². The third-order valence-corrected chi connectivity index (χ3v) is 1.53. The van der Waals surface area contributed by atoms with Crippen LogP contribution in [0.5, 0.6) is 0 Å². The van der Waals surface area contributed by atoms with Crippen molar-refractivity contribution in [2.45, 2.75) is 33.9 Å². The maximum atomic E-state index is 10.7. The molecule has 0 aliphatic heterocycles. The summed E-state index contributed by atoms with van der Waals surface area (Å²) < 4.78 is 5.16. The van der Waals surface area contributed by atoms with Gasteiger partial charge in [-0.15, -0.1) is 0 Å². The summed E-state index contributed by atoms with van der Waals surface area (Å²) in [5.74, 6) is -0.985. The summed E-state index contributed by atoms with van der Waals surface area (Å²) in [6.45, 7) is 7.69. The Morgan fingerprint density at radius 2 is 2.07 bits per heavy atom. The topological polar surface area (TPSA) is 70.6 Å². The van der Waals surface area contributed by atoms with Gasteiger partial charge in [0.1, 0.15) is 11.9 Å². The van der Waals surface area contributed by atoms with E-state index in [1.165, 1.54) is 0 Å². The van der Waals surface area contributed by atoms with Crippen molar-refractivity contribution in [3.05, 3.63) is 11.3 Å². The van der Waals surface area contributed by atoms with Crippen molar-refractivity contribution in [2.75, 3.05) is 6.61 Å². The molecule has 3 N–H and O–H groups in total. The molecule has 0 aromatic heterocycles. The first-order chi connectivity index (χ1) is 6.49. The van der Waals surface area contributed by atoms with Gasteiger partial charge in [-0.3, -0.25) is 0 Å². The Morgan fingerprint density at radius 1 is 1.50 bits per heavy atom. The van der Waals surface area contributed by atoms with Crippen molar-refractivity contribution < 1.29 is 14.6 Å². The molecule has 1 unspecified atom stereocenters. The fraction of sp³-hybridized carbons (Fsp3) is 0.667. The van der Waals surface area contributed by atoms with E-state index in [4.69, 9.17) is 9.84 Å². The minimum atomic E-state index is -0.985. The van der Waals surface area contributed by atoms with Crippen molar-refractivity contribution >= 4 is 5.97 Å². The van der Waals surface area contributed by atoms with Crippen LogP contribution in [0.1, 0.15) is 27.7 Å². The molecule has 0 bridgehead atoms. The second kappa shape index (κ2) is 6.39. The molecule has 0 aromatic carbocycles. The highest BCUT2D eigenvalue weighted by molar-refractivity contribution is 5.86. The molecular formula is C9H18N2O3. The van der Waals surface area contributed by atoms with Crippen molar-refractivity contribution in [3.63, 3.8) is 0 Å². The van der Waals surface area contributed by atoms with Gasteiger partial charge in [-0.1, -0.05) is 0 Å². The lowest BCUT2D eigenvalue weighted by molar-refractivity contribution is -0.133. The first-order valence-corrected chi connectivity index (χ1v) is 4.53. The van der Waals surface area contributed by atoms with Crippen LogP contribution in [-0.2, 0) is 9.53 Å². The summed E-state index contributed by atoms with van der Waals surface area (Å²) in [4.78, 5) is 10.7. The summed E-state index contributed by atoms with van der Waals surface area (Å²) in [6.07, 6.45) is -0.228. The van der Waals surface area contributed by atoms with Gasteiger partial charge in [-0.25, -0.2) is 10.2 Å². The van der Waals surface area contributed by atoms with Gasteiger partial charge in [0, 0.05) is 6.61 Å². The molecule has 0 heterocycles. The van der Waals surface area contributed by atoms with Crippen LogP contribution in [0.4, 0.5) is 0 Å². The monoisotopic (exact) mass is 202 g/mol. The molecular weight excluding hydrogens is 184 g/mol. The van der Waals surface area contributed by atoms with E-state index in [-0.39, 0.29) is 11.9 Å². The zero-order valence-electron chi connectivity index (χ0n) is 9.05. The maximum Gasteiger partial charge on any atom is 0.353 e. The smallest absolute Gasteiger partial charge is 0.353 e. The van der Waals surface area contributed by atoms with Gasteiger partial charge in [-0.05, 0) is 33.3 Å². The molecule has 0 spiro atoms. The Morgan fingerprint density at radius 3 is 2.43 bits per heavy atom. The molecule has 0 saturated heterocycles. The number of hydrazine groups is 1. The van der Waals surface area contributed by atoms with Crippen molar-refractivity contribution in [3.8, 4) is 0 Å². The molecule has 14 heavy (non-hydrogen) atoms. The number of rotatable bonds is 6. The standard InChI is InChI=1S/C9H18N2O3/c1-5-14-7(4)10-11-8(6(2)3)9(12)13/h7,10-11H,5H2,1-4H3,(H,12,13). The van der Waals surface area contributed by atoms with E-state index in [1.54, 1.807) is 20.8 Å². The number of carbonyl (C=O) groups is 1. The number of nitrogens with one attached hydrogen (secondary N) is 2. The molecule has 0 aromatic rings. The molecule has 0 aliphatic carbocycles. The Kier molecular flexibility index (Phi) is 5.91. The summed E-state index contributed by atoms with van der Waals surface area (Å²) in [5, 5.41) is 8.79. The van der Waals surface area contributed by atoms with Crippen LogP contribution in [0, 0.1) is 0 Å². The van der Waals surface area contributed by atoms with E-state index in [0.29, 0.717) is 12.2 Å². The molecule has 0 radical (unpaired) electrons. The average molecular weight is 202 g/mol. The van der Waals surface area contributed by atoms with Crippen molar-refractivity contribution in [1.82, 2.24) is 10.9 Å². The number of hydrogen-bond donors (Lipinski definition) is 3. The van der Waals surface area contributed by atoms with E-state index in [0.717, 1.165) is 0 Å². The summed E-state index contributed by atoms with van der Waals surface area (Å²) in [7, 11) is 0. The van der Waals surface area contributed by atoms with Crippen LogP contribution in [0.25, 0.3) is 0 Å². The Balaban J connectivity index is 4.09. The number of ether oxygens (including phenoxy) is 1. The number of aliphatic carboxylic acids is 1. The van der Waals surface area contributed by atoms with Crippen LogP contribution >= 0.6 is 0 Å². The number of hydrogen-bond acceptors (Lipinski definition) is 4. The molecule has 5 heteroatoms. The summed E-state index contributed by atoms with van der Waals surface area (Å²) in [5.41, 5.74) is 6.20. The van der Waals surface area contributed by atoms with Gasteiger partial charge in [-0.2, -0.15) is 0 Å². The number of carboxylic acids is 1. The Bertz CT molecular complexity index is 222. The van der Waals surface area contributed by atoms with Crippen LogP contribution < -0.4 is 10.9 Å². The predicted octanol–water partition coefficient (Wildman–Crippen LogP) is 0.842. The molecule has 5 nitrogen and oxygen atoms in total. The quantitative estimate of drug-likeness (QED) is 0.338. The lowest BCUT2D eigenvalue weighted by Gasteiger charge is -2.16. The summed E-state index contributed by atoms with van der Waals surface area (Å²) in [6, 6.07) is 0. The molecule has 82 valence electrons. The van der Waals surface area contributed by atoms with Gasteiger partial charge < -0.3 is 15.3 Å². The minimum Gasteiger partial charge on any atom is -0.477 e. The average Bonchev–Trinajstić information content (AvgIpc) is 2.03. The van der Waals surface area contributed by atoms with Crippen LogP contribution in [0.15, 0.2) is 11.3 Å². The van der Waals surface area contributed by atoms with E-state index < -0.39 is 5.97 Å².